The van der Waals surface area contributed by atoms with Crippen molar-refractivity contribution < 1.29 is 18.3 Å². The van der Waals surface area contributed by atoms with Crippen molar-refractivity contribution >= 4 is 23.4 Å². The number of fused-ring (bicyclic) bond motifs is 6. The molecule has 1 N–H and O–H groups in total. The lowest BCUT2D eigenvalue weighted by Gasteiger charge is -2.19. The summed E-state index contributed by atoms with van der Waals surface area (Å²) in [4.78, 5) is 8.38. The third-order valence-electron chi connectivity index (χ3n) is 4.60. The van der Waals surface area contributed by atoms with Crippen LogP contribution in [0.5, 0.6) is 11.5 Å². The highest BCUT2D eigenvalue weighted by Gasteiger charge is 2.17. The van der Waals surface area contributed by atoms with Crippen LogP contribution in [0.25, 0.3) is 11.3 Å². The van der Waals surface area contributed by atoms with Gasteiger partial charge in [0.1, 0.15) is 23.0 Å². The van der Waals surface area contributed by atoms with E-state index < -0.39 is 11.6 Å². The van der Waals surface area contributed by atoms with Gasteiger partial charge in [0.15, 0.2) is 5.82 Å². The standard InChI is InChI=1S/C22H21F2N3O2S/c1-13-5-6-28-20-9-15(23)3-4-18(20)21-19(24)11-25-22(27-21)26-16-7-14(12-30-2)8-17(10-16)29-13/h3-4,7-11,13H,5-6,12H2,1-2H3,(H,25,26,27). The van der Waals surface area contributed by atoms with Gasteiger partial charge in [-0.3, -0.25) is 0 Å². The Balaban J connectivity index is 1.82. The van der Waals surface area contributed by atoms with Crippen molar-refractivity contribution in [3.8, 4) is 22.8 Å². The normalized spacial score (nSPS) is 15.8. The van der Waals surface area contributed by atoms with Gasteiger partial charge in [-0.2, -0.15) is 11.8 Å². The van der Waals surface area contributed by atoms with E-state index in [0.717, 1.165) is 23.2 Å². The van der Waals surface area contributed by atoms with Crippen LogP contribution in [0, 0.1) is 11.6 Å². The Morgan fingerprint density at radius 1 is 1.20 bits per heavy atom. The summed E-state index contributed by atoms with van der Waals surface area (Å²) in [5.74, 6) is 0.892. The van der Waals surface area contributed by atoms with E-state index in [1.807, 2.05) is 31.4 Å². The Morgan fingerprint density at radius 2 is 2.07 bits per heavy atom. The van der Waals surface area contributed by atoms with Gasteiger partial charge in [-0.15, -0.1) is 0 Å². The highest BCUT2D eigenvalue weighted by molar-refractivity contribution is 7.97. The predicted octanol–water partition coefficient (Wildman–Crippen LogP) is 5.58. The third kappa shape index (κ3) is 4.64. The van der Waals surface area contributed by atoms with Crippen molar-refractivity contribution in [3.63, 3.8) is 0 Å². The quantitative estimate of drug-likeness (QED) is 0.574. The fraction of sp³-hybridized carbons (Fsp3) is 0.273. The number of nitrogens with one attached hydrogen (secondary N) is 1. The molecule has 156 valence electrons. The van der Waals surface area contributed by atoms with Crippen LogP contribution >= 0.6 is 11.8 Å². The second-order valence-corrected chi connectivity index (χ2v) is 7.89. The Hall–Kier alpha value is -2.87. The van der Waals surface area contributed by atoms with Crippen LogP contribution in [0.1, 0.15) is 18.9 Å². The largest absolute Gasteiger partial charge is 0.493 e. The fourth-order valence-electron chi connectivity index (χ4n) is 3.23. The zero-order chi connectivity index (χ0) is 21.1. The summed E-state index contributed by atoms with van der Waals surface area (Å²) < 4.78 is 40.2. The van der Waals surface area contributed by atoms with Gasteiger partial charge in [0.25, 0.3) is 0 Å². The number of aromatic nitrogens is 2. The maximum Gasteiger partial charge on any atom is 0.227 e. The Bertz CT molecular complexity index is 1060. The summed E-state index contributed by atoms with van der Waals surface area (Å²) >= 11 is 1.70. The zero-order valence-electron chi connectivity index (χ0n) is 16.6. The summed E-state index contributed by atoms with van der Waals surface area (Å²) in [5.41, 5.74) is 2.24. The molecule has 0 spiro atoms. The molecule has 5 nitrogen and oxygen atoms in total. The predicted molar refractivity (Wildman–Crippen MR) is 115 cm³/mol. The lowest BCUT2D eigenvalue weighted by atomic mass is 10.1. The van der Waals surface area contributed by atoms with Crippen LogP contribution in [0.4, 0.5) is 20.4 Å². The molecule has 4 rings (SSSR count). The number of hydrogen-bond donors (Lipinski definition) is 1. The molecule has 0 saturated heterocycles. The van der Waals surface area contributed by atoms with Crippen LogP contribution in [0.3, 0.4) is 0 Å². The van der Waals surface area contributed by atoms with Crippen LogP contribution in [-0.2, 0) is 5.75 Å². The molecule has 2 heterocycles. The highest BCUT2D eigenvalue weighted by Crippen LogP contribution is 2.33. The molecule has 0 radical (unpaired) electrons. The summed E-state index contributed by atoms with van der Waals surface area (Å²) in [6.45, 7) is 2.23. The average Bonchev–Trinajstić information content (AvgIpc) is 2.69. The smallest absolute Gasteiger partial charge is 0.227 e. The molecule has 0 fully saturated rings. The average molecular weight is 429 g/mol. The van der Waals surface area contributed by atoms with Gasteiger partial charge in [-0.1, -0.05) is 0 Å². The van der Waals surface area contributed by atoms with Crippen molar-refractivity contribution in [1.29, 1.82) is 0 Å². The molecule has 2 aromatic carbocycles. The van der Waals surface area contributed by atoms with Crippen LogP contribution in [-0.4, -0.2) is 28.9 Å². The lowest BCUT2D eigenvalue weighted by molar-refractivity contribution is 0.177. The van der Waals surface area contributed by atoms with Gasteiger partial charge < -0.3 is 14.8 Å². The number of thioether (sulfide) groups is 1. The minimum atomic E-state index is -0.613. The van der Waals surface area contributed by atoms with E-state index in [1.54, 1.807) is 11.8 Å². The van der Waals surface area contributed by atoms with Crippen LogP contribution in [0.2, 0.25) is 0 Å². The van der Waals surface area contributed by atoms with Gasteiger partial charge in [0.2, 0.25) is 5.95 Å². The van der Waals surface area contributed by atoms with Gasteiger partial charge in [-0.05, 0) is 43.0 Å². The molecule has 8 heteroatoms. The number of anilines is 2. The number of halogens is 2. The first-order valence-corrected chi connectivity index (χ1v) is 10.9. The van der Waals surface area contributed by atoms with E-state index in [9.17, 15) is 8.78 Å². The summed E-state index contributed by atoms with van der Waals surface area (Å²) in [6, 6.07) is 9.79. The monoisotopic (exact) mass is 429 g/mol. The summed E-state index contributed by atoms with van der Waals surface area (Å²) in [7, 11) is 0. The van der Waals surface area contributed by atoms with E-state index in [2.05, 4.69) is 15.3 Å². The molecular weight excluding hydrogens is 408 g/mol. The van der Waals surface area contributed by atoms with Crippen molar-refractivity contribution in [1.82, 2.24) is 9.97 Å². The molecule has 4 bridgehead atoms. The maximum atomic E-state index is 14.6. The van der Waals surface area contributed by atoms with Gasteiger partial charge in [-0.25, -0.2) is 18.7 Å². The number of hydrogen-bond acceptors (Lipinski definition) is 6. The van der Waals surface area contributed by atoms with Crippen molar-refractivity contribution in [2.75, 3.05) is 18.2 Å². The third-order valence-corrected chi connectivity index (χ3v) is 5.22. The number of benzene rings is 2. The Labute approximate surface area is 177 Å². The first-order chi connectivity index (χ1) is 14.5. The lowest BCUT2D eigenvalue weighted by Crippen LogP contribution is -2.16. The number of ether oxygens (including phenoxy) is 2. The second kappa shape index (κ2) is 8.87. The first-order valence-electron chi connectivity index (χ1n) is 9.53. The first kappa shape index (κ1) is 20.4. The molecule has 1 aliphatic heterocycles. The second-order valence-electron chi connectivity index (χ2n) is 7.02. The Kier molecular flexibility index (Phi) is 6.03. The van der Waals surface area contributed by atoms with Gasteiger partial charge in [0.05, 0.1) is 18.9 Å². The molecule has 1 aromatic heterocycles. The van der Waals surface area contributed by atoms with E-state index in [-0.39, 0.29) is 30.1 Å². The summed E-state index contributed by atoms with van der Waals surface area (Å²) in [5, 5.41) is 3.13. The number of rotatable bonds is 2. The SMILES string of the molecule is CSCc1cc2cc(c1)OC(C)CCOc1cc(F)ccc1-c1nc(ncc1F)N2. The topological polar surface area (TPSA) is 56.3 Å². The molecular formula is C22H21F2N3O2S. The van der Waals surface area contributed by atoms with Crippen LogP contribution < -0.4 is 14.8 Å². The fourth-order valence-corrected chi connectivity index (χ4v) is 3.73. The van der Waals surface area contributed by atoms with Crippen LogP contribution in [0.15, 0.2) is 42.6 Å². The molecule has 1 aliphatic rings. The number of nitrogens with zero attached hydrogens (tertiary/aromatic N) is 2. The molecule has 1 atom stereocenters. The minimum absolute atomic E-state index is 0.0457. The molecule has 1 unspecified atom stereocenters. The van der Waals surface area contributed by atoms with Gasteiger partial charge >= 0.3 is 0 Å². The highest BCUT2D eigenvalue weighted by atomic mass is 32.2. The van der Waals surface area contributed by atoms with Crippen molar-refractivity contribution in [2.24, 2.45) is 0 Å². The van der Waals surface area contributed by atoms with E-state index in [4.69, 9.17) is 9.47 Å². The molecule has 0 amide bonds. The van der Waals surface area contributed by atoms with Gasteiger partial charge in [0, 0.05) is 35.6 Å². The molecule has 30 heavy (non-hydrogen) atoms. The van der Waals surface area contributed by atoms with Crippen molar-refractivity contribution in [3.05, 3.63) is 59.8 Å². The van der Waals surface area contributed by atoms with Crippen molar-refractivity contribution in [2.45, 2.75) is 25.2 Å². The minimum Gasteiger partial charge on any atom is -0.493 e. The maximum absolute atomic E-state index is 14.6. The molecule has 0 saturated carbocycles. The zero-order valence-corrected chi connectivity index (χ0v) is 17.4. The van der Waals surface area contributed by atoms with E-state index in [0.29, 0.717) is 17.7 Å². The van der Waals surface area contributed by atoms with E-state index >= 15 is 0 Å². The molecule has 0 aliphatic carbocycles. The van der Waals surface area contributed by atoms with E-state index in [1.165, 1.54) is 18.2 Å². The molecule has 3 aromatic rings. The summed E-state index contributed by atoms with van der Waals surface area (Å²) in [6.07, 6.45) is 3.56. The Morgan fingerprint density at radius 3 is 2.90 bits per heavy atom.